The maximum Gasteiger partial charge on any atom is 0.160 e. The van der Waals surface area contributed by atoms with Crippen molar-refractivity contribution in [2.24, 2.45) is 4.99 Å². The van der Waals surface area contributed by atoms with Crippen LogP contribution in [0.25, 0.3) is 0 Å². The first-order valence-corrected chi connectivity index (χ1v) is 7.39. The minimum Gasteiger partial charge on any atom is -0.342 e. The van der Waals surface area contributed by atoms with Gasteiger partial charge in [0.05, 0.1) is 13.1 Å². The number of imidazole rings is 1. The average Bonchev–Trinajstić information content (AvgIpc) is 2.96. The molecule has 0 N–H and O–H groups in total. The van der Waals surface area contributed by atoms with Gasteiger partial charge in [0, 0.05) is 36.1 Å². The summed E-state index contributed by atoms with van der Waals surface area (Å²) >= 11 is 5.40. The minimum atomic E-state index is 0.608. The van der Waals surface area contributed by atoms with E-state index >= 15 is 0 Å². The molecule has 4 nitrogen and oxygen atoms in total. The van der Waals surface area contributed by atoms with Crippen molar-refractivity contribution < 1.29 is 0 Å². The zero-order valence-corrected chi connectivity index (χ0v) is 11.2. The Labute approximate surface area is 107 Å². The van der Waals surface area contributed by atoms with E-state index in [4.69, 9.17) is 0 Å². The third-order valence-electron chi connectivity index (χ3n) is 2.89. The summed E-state index contributed by atoms with van der Waals surface area (Å²) in [6.45, 7) is 3.90. The Bertz CT molecular complexity index is 417. The summed E-state index contributed by atoms with van der Waals surface area (Å²) in [4.78, 5) is 11.3. The molecule has 0 amide bonds. The van der Waals surface area contributed by atoms with Gasteiger partial charge in [0.15, 0.2) is 5.17 Å². The smallest absolute Gasteiger partial charge is 0.160 e. The highest BCUT2D eigenvalue weighted by atomic mass is 79.9. The zero-order chi connectivity index (χ0) is 11.0. The van der Waals surface area contributed by atoms with Crippen molar-refractivity contribution in [3.05, 3.63) is 18.2 Å². The predicted octanol–water partition coefficient (Wildman–Crippen LogP) is 1.56. The fourth-order valence-electron chi connectivity index (χ4n) is 2.00. The summed E-state index contributed by atoms with van der Waals surface area (Å²) in [5.74, 6) is 1.15. The Morgan fingerprint density at radius 2 is 2.44 bits per heavy atom. The van der Waals surface area contributed by atoms with Crippen molar-refractivity contribution in [1.82, 2.24) is 14.5 Å². The molecule has 2 aliphatic rings. The molecule has 1 aromatic heterocycles. The van der Waals surface area contributed by atoms with Gasteiger partial charge in [0.1, 0.15) is 5.82 Å². The molecule has 0 aliphatic carbocycles. The van der Waals surface area contributed by atoms with E-state index in [2.05, 4.69) is 41.6 Å². The first-order chi connectivity index (χ1) is 7.86. The number of thioether (sulfide) groups is 1. The molecule has 16 heavy (non-hydrogen) atoms. The van der Waals surface area contributed by atoms with Gasteiger partial charge in [-0.05, 0) is 0 Å². The third kappa shape index (κ3) is 1.88. The summed E-state index contributed by atoms with van der Waals surface area (Å²) in [5, 5.41) is 2.82. The van der Waals surface area contributed by atoms with Crippen LogP contribution in [-0.4, -0.2) is 43.3 Å². The molecule has 1 aromatic rings. The Morgan fingerprint density at radius 3 is 3.25 bits per heavy atom. The molecule has 0 aromatic carbocycles. The Kier molecular flexibility index (Phi) is 2.93. The largest absolute Gasteiger partial charge is 0.342 e. The lowest BCUT2D eigenvalue weighted by molar-refractivity contribution is 0.335. The van der Waals surface area contributed by atoms with Crippen LogP contribution < -0.4 is 0 Å². The summed E-state index contributed by atoms with van der Waals surface area (Å²) in [5.41, 5.74) is 0. The number of hydrogen-bond acceptors (Lipinski definition) is 4. The van der Waals surface area contributed by atoms with E-state index in [9.17, 15) is 0 Å². The molecule has 0 saturated carbocycles. The molecule has 0 bridgehead atoms. The molecular weight excluding hydrogens is 288 g/mol. The monoisotopic (exact) mass is 300 g/mol. The van der Waals surface area contributed by atoms with E-state index in [1.54, 1.807) is 0 Å². The second-order valence-electron chi connectivity index (χ2n) is 3.98. The van der Waals surface area contributed by atoms with Gasteiger partial charge >= 0.3 is 0 Å². The van der Waals surface area contributed by atoms with Crippen LogP contribution in [0.5, 0.6) is 0 Å². The standard InChI is InChI=1S/C10H13BrN4S/c11-5-8-6-13-10(16-8)15-4-3-14-2-1-12-9(14)7-15/h1-2,8H,3-7H2. The van der Waals surface area contributed by atoms with E-state index in [1.807, 2.05) is 18.0 Å². The van der Waals surface area contributed by atoms with E-state index in [-0.39, 0.29) is 0 Å². The normalized spacial score (nSPS) is 24.4. The van der Waals surface area contributed by atoms with E-state index in [0.29, 0.717) is 5.25 Å². The fraction of sp³-hybridized carbons (Fsp3) is 0.600. The number of amidine groups is 1. The van der Waals surface area contributed by atoms with Crippen LogP contribution in [0.4, 0.5) is 0 Å². The summed E-state index contributed by atoms with van der Waals surface area (Å²) in [6, 6.07) is 0. The molecule has 3 heterocycles. The van der Waals surface area contributed by atoms with Gasteiger partial charge in [0.2, 0.25) is 0 Å². The lowest BCUT2D eigenvalue weighted by Gasteiger charge is -2.28. The van der Waals surface area contributed by atoms with Gasteiger partial charge in [-0.25, -0.2) is 4.98 Å². The average molecular weight is 301 g/mol. The Balaban J connectivity index is 1.70. The van der Waals surface area contributed by atoms with Crippen LogP contribution in [-0.2, 0) is 13.1 Å². The first kappa shape index (κ1) is 10.7. The molecule has 0 saturated heterocycles. The van der Waals surface area contributed by atoms with Crippen LogP contribution in [0.1, 0.15) is 5.82 Å². The van der Waals surface area contributed by atoms with Crippen molar-refractivity contribution in [3.63, 3.8) is 0 Å². The van der Waals surface area contributed by atoms with Crippen molar-refractivity contribution in [1.29, 1.82) is 0 Å². The maximum atomic E-state index is 4.61. The van der Waals surface area contributed by atoms with Crippen molar-refractivity contribution in [2.75, 3.05) is 18.4 Å². The van der Waals surface area contributed by atoms with Crippen LogP contribution >= 0.6 is 27.7 Å². The molecule has 0 spiro atoms. The zero-order valence-electron chi connectivity index (χ0n) is 8.84. The van der Waals surface area contributed by atoms with Crippen LogP contribution in [0.2, 0.25) is 0 Å². The predicted molar refractivity (Wildman–Crippen MR) is 70.1 cm³/mol. The molecular formula is C10H13BrN4S. The fourth-order valence-corrected chi connectivity index (χ4v) is 3.56. The Morgan fingerprint density at radius 1 is 1.50 bits per heavy atom. The highest BCUT2D eigenvalue weighted by molar-refractivity contribution is 9.09. The molecule has 3 rings (SSSR count). The number of aromatic nitrogens is 2. The number of fused-ring (bicyclic) bond motifs is 1. The molecule has 2 aliphatic heterocycles. The van der Waals surface area contributed by atoms with Gasteiger partial charge in [-0.3, -0.25) is 4.99 Å². The molecule has 1 atom stereocenters. The minimum absolute atomic E-state index is 0.608. The van der Waals surface area contributed by atoms with Crippen molar-refractivity contribution in [3.8, 4) is 0 Å². The highest BCUT2D eigenvalue weighted by Crippen LogP contribution is 2.26. The maximum absolute atomic E-state index is 4.61. The molecule has 0 radical (unpaired) electrons. The highest BCUT2D eigenvalue weighted by Gasteiger charge is 2.26. The number of rotatable bonds is 1. The van der Waals surface area contributed by atoms with Gasteiger partial charge < -0.3 is 9.47 Å². The lowest BCUT2D eigenvalue weighted by Crippen LogP contribution is -2.36. The van der Waals surface area contributed by atoms with E-state index in [1.165, 1.54) is 5.17 Å². The lowest BCUT2D eigenvalue weighted by atomic mass is 10.4. The number of halogens is 1. The topological polar surface area (TPSA) is 33.4 Å². The third-order valence-corrected chi connectivity index (χ3v) is 5.35. The number of nitrogens with zero attached hydrogens (tertiary/aromatic N) is 4. The second kappa shape index (κ2) is 4.41. The van der Waals surface area contributed by atoms with E-state index in [0.717, 1.165) is 37.3 Å². The van der Waals surface area contributed by atoms with Gasteiger partial charge in [0.25, 0.3) is 0 Å². The van der Waals surface area contributed by atoms with Crippen molar-refractivity contribution in [2.45, 2.75) is 18.3 Å². The second-order valence-corrected chi connectivity index (χ2v) is 5.89. The first-order valence-electron chi connectivity index (χ1n) is 5.39. The quantitative estimate of drug-likeness (QED) is 0.738. The summed E-state index contributed by atoms with van der Waals surface area (Å²) in [7, 11) is 0. The van der Waals surface area contributed by atoms with Gasteiger partial charge in [-0.15, -0.1) is 0 Å². The SMILES string of the molecule is BrCC1CN=C(N2CCn3ccnc3C2)S1. The van der Waals surface area contributed by atoms with Gasteiger partial charge in [-0.2, -0.15) is 0 Å². The number of alkyl halides is 1. The van der Waals surface area contributed by atoms with Crippen LogP contribution in [0.3, 0.4) is 0 Å². The van der Waals surface area contributed by atoms with Crippen LogP contribution in [0.15, 0.2) is 17.4 Å². The molecule has 1 unspecified atom stereocenters. The molecule has 0 fully saturated rings. The molecule has 6 heteroatoms. The van der Waals surface area contributed by atoms with Crippen LogP contribution in [0, 0.1) is 0 Å². The Hall–Kier alpha value is -0.490. The summed E-state index contributed by atoms with van der Waals surface area (Å²) in [6.07, 6.45) is 3.93. The van der Waals surface area contributed by atoms with Crippen molar-refractivity contribution >= 4 is 32.9 Å². The van der Waals surface area contributed by atoms with E-state index < -0.39 is 0 Å². The van der Waals surface area contributed by atoms with Gasteiger partial charge in [-0.1, -0.05) is 27.7 Å². The number of aliphatic imine (C=N–C) groups is 1. The number of hydrogen-bond donors (Lipinski definition) is 0. The molecule has 86 valence electrons. The summed E-state index contributed by atoms with van der Waals surface area (Å²) < 4.78 is 2.22.